The number of hydrogen-bond acceptors (Lipinski definition) is 5. The molecule has 1 amide bonds. The maximum Gasteiger partial charge on any atom is 0.270 e. The highest BCUT2D eigenvalue weighted by molar-refractivity contribution is 7.07. The van der Waals surface area contributed by atoms with Crippen LogP contribution in [0.1, 0.15) is 36.0 Å². The van der Waals surface area contributed by atoms with Gasteiger partial charge in [-0.2, -0.15) is 0 Å². The van der Waals surface area contributed by atoms with E-state index in [0.29, 0.717) is 5.69 Å². The monoisotopic (exact) mass is 306 g/mol. The van der Waals surface area contributed by atoms with Crippen LogP contribution in [0.4, 0.5) is 0 Å². The molecule has 0 fully saturated rings. The zero-order chi connectivity index (χ0) is 15.2. The van der Waals surface area contributed by atoms with Crippen LogP contribution in [0.3, 0.4) is 0 Å². The number of nitrogens with one attached hydrogen (secondary N) is 1. The van der Waals surface area contributed by atoms with Crippen LogP contribution in [0.15, 0.2) is 35.2 Å². The van der Waals surface area contributed by atoms with Crippen LogP contribution in [0.25, 0.3) is 0 Å². The van der Waals surface area contributed by atoms with Gasteiger partial charge in [-0.15, -0.1) is 11.3 Å². The van der Waals surface area contributed by atoms with E-state index in [0.717, 1.165) is 11.3 Å². The summed E-state index contributed by atoms with van der Waals surface area (Å²) in [5.74, 6) is 0.475. The van der Waals surface area contributed by atoms with Crippen molar-refractivity contribution in [3.8, 4) is 5.75 Å². The van der Waals surface area contributed by atoms with Crippen LogP contribution in [0.5, 0.6) is 5.75 Å². The van der Waals surface area contributed by atoms with Crippen molar-refractivity contribution in [1.82, 2.24) is 10.3 Å². The molecule has 2 N–H and O–H groups in total. The topological polar surface area (TPSA) is 71.5 Å². The van der Waals surface area contributed by atoms with Gasteiger partial charge in [0.2, 0.25) is 0 Å². The van der Waals surface area contributed by atoms with E-state index in [9.17, 15) is 9.90 Å². The van der Waals surface area contributed by atoms with Gasteiger partial charge >= 0.3 is 0 Å². The Kier molecular flexibility index (Phi) is 5.30. The first-order chi connectivity index (χ1) is 10.1. The Morgan fingerprint density at radius 1 is 1.38 bits per heavy atom. The van der Waals surface area contributed by atoms with Crippen molar-refractivity contribution in [3.05, 3.63) is 46.4 Å². The molecule has 1 unspecified atom stereocenters. The lowest BCUT2D eigenvalue weighted by molar-refractivity contribution is 0.0912. The van der Waals surface area contributed by atoms with Crippen LogP contribution in [-0.4, -0.2) is 28.6 Å². The van der Waals surface area contributed by atoms with Crippen molar-refractivity contribution in [1.29, 1.82) is 0 Å². The number of ether oxygens (including phenoxy) is 1. The predicted octanol–water partition coefficient (Wildman–Crippen LogP) is 2.39. The maximum absolute atomic E-state index is 11.7. The number of thiazole rings is 1. The second-order valence-corrected chi connectivity index (χ2v) is 5.55. The molecule has 1 heterocycles. The van der Waals surface area contributed by atoms with Crippen molar-refractivity contribution in [3.63, 3.8) is 0 Å². The van der Waals surface area contributed by atoms with Gasteiger partial charge in [0.1, 0.15) is 11.4 Å². The van der Waals surface area contributed by atoms with E-state index in [1.165, 1.54) is 11.3 Å². The molecule has 1 aromatic carbocycles. The molecule has 0 bridgehead atoms. The normalized spacial score (nSPS) is 12.2. The zero-order valence-electron chi connectivity index (χ0n) is 11.9. The summed E-state index contributed by atoms with van der Waals surface area (Å²) in [5, 5.41) is 14.4. The van der Waals surface area contributed by atoms with Gasteiger partial charge in [0.25, 0.3) is 5.91 Å². The molecule has 0 aliphatic rings. The van der Waals surface area contributed by atoms with Crippen LogP contribution in [0, 0.1) is 0 Å². The van der Waals surface area contributed by atoms with Crippen molar-refractivity contribution >= 4 is 17.2 Å². The molecule has 0 saturated heterocycles. The summed E-state index contributed by atoms with van der Waals surface area (Å²) in [4.78, 5) is 15.6. The highest BCUT2D eigenvalue weighted by Gasteiger charge is 2.12. The fourth-order valence-corrected chi connectivity index (χ4v) is 2.30. The van der Waals surface area contributed by atoms with E-state index in [-0.39, 0.29) is 18.6 Å². The van der Waals surface area contributed by atoms with Gasteiger partial charge in [-0.25, -0.2) is 4.98 Å². The molecule has 1 aromatic heterocycles. The molecule has 5 nitrogen and oxygen atoms in total. The average molecular weight is 306 g/mol. The number of benzene rings is 1. The first-order valence-corrected chi connectivity index (χ1v) is 7.61. The van der Waals surface area contributed by atoms with Gasteiger partial charge in [0.05, 0.1) is 17.7 Å². The standard InChI is InChI=1S/C15H18N2O3S/c1-10(2)20-12-5-3-11(4-6-12)14(18)7-16-15(19)13-8-21-9-17-13/h3-6,8-10,14,18H,7H2,1-2H3,(H,16,19). The lowest BCUT2D eigenvalue weighted by Gasteiger charge is -2.14. The third-order valence-corrected chi connectivity index (χ3v) is 3.34. The summed E-state index contributed by atoms with van der Waals surface area (Å²) in [6.07, 6.45) is -0.654. The fourth-order valence-electron chi connectivity index (χ4n) is 1.76. The number of carbonyl (C=O) groups is 1. The number of rotatable bonds is 6. The Bertz CT molecular complexity index is 567. The predicted molar refractivity (Wildman–Crippen MR) is 81.6 cm³/mol. The van der Waals surface area contributed by atoms with Crippen molar-refractivity contribution in [2.75, 3.05) is 6.54 Å². The number of carbonyl (C=O) groups excluding carboxylic acids is 1. The van der Waals surface area contributed by atoms with Gasteiger partial charge in [0.15, 0.2) is 0 Å². The quantitative estimate of drug-likeness (QED) is 0.859. The fraction of sp³-hybridized carbons (Fsp3) is 0.333. The second kappa shape index (κ2) is 7.19. The summed E-state index contributed by atoms with van der Waals surface area (Å²) in [6.45, 7) is 4.05. The minimum Gasteiger partial charge on any atom is -0.491 e. The first kappa shape index (κ1) is 15.5. The average Bonchev–Trinajstić information content (AvgIpc) is 2.99. The van der Waals surface area contributed by atoms with Crippen LogP contribution in [-0.2, 0) is 0 Å². The molecule has 21 heavy (non-hydrogen) atoms. The Labute approximate surface area is 127 Å². The molecule has 2 aromatic rings. The van der Waals surface area contributed by atoms with E-state index in [2.05, 4.69) is 10.3 Å². The summed E-state index contributed by atoms with van der Waals surface area (Å²) in [6, 6.07) is 7.19. The van der Waals surface area contributed by atoms with Crippen molar-refractivity contribution < 1.29 is 14.6 Å². The van der Waals surface area contributed by atoms with E-state index in [1.54, 1.807) is 35.2 Å². The third kappa shape index (κ3) is 4.54. The summed E-state index contributed by atoms with van der Waals surface area (Å²) in [5.41, 5.74) is 2.69. The van der Waals surface area contributed by atoms with Crippen molar-refractivity contribution in [2.24, 2.45) is 0 Å². The van der Waals surface area contributed by atoms with Crippen LogP contribution in [0.2, 0.25) is 0 Å². The maximum atomic E-state index is 11.7. The number of nitrogens with zero attached hydrogens (tertiary/aromatic N) is 1. The number of aliphatic hydroxyl groups excluding tert-OH is 1. The minimum absolute atomic E-state index is 0.109. The number of amides is 1. The van der Waals surface area contributed by atoms with E-state index < -0.39 is 6.10 Å². The van der Waals surface area contributed by atoms with Gasteiger partial charge in [-0.3, -0.25) is 4.79 Å². The first-order valence-electron chi connectivity index (χ1n) is 6.67. The van der Waals surface area contributed by atoms with Gasteiger partial charge in [-0.1, -0.05) is 12.1 Å². The minimum atomic E-state index is -0.763. The van der Waals surface area contributed by atoms with E-state index in [1.807, 2.05) is 13.8 Å². The molecule has 0 aliphatic carbocycles. The van der Waals surface area contributed by atoms with E-state index >= 15 is 0 Å². The molecule has 6 heteroatoms. The molecular weight excluding hydrogens is 288 g/mol. The molecule has 112 valence electrons. The van der Waals surface area contributed by atoms with Gasteiger partial charge in [0, 0.05) is 11.9 Å². The Morgan fingerprint density at radius 3 is 2.67 bits per heavy atom. The summed E-state index contributed by atoms with van der Waals surface area (Å²) < 4.78 is 5.54. The molecule has 1 atom stereocenters. The SMILES string of the molecule is CC(C)Oc1ccc(C(O)CNC(=O)c2cscn2)cc1. The lowest BCUT2D eigenvalue weighted by atomic mass is 10.1. The molecule has 2 rings (SSSR count). The molecule has 0 radical (unpaired) electrons. The highest BCUT2D eigenvalue weighted by Crippen LogP contribution is 2.18. The Balaban J connectivity index is 1.88. The van der Waals surface area contributed by atoms with E-state index in [4.69, 9.17) is 4.74 Å². The Hall–Kier alpha value is -1.92. The largest absolute Gasteiger partial charge is 0.491 e. The molecule has 0 saturated carbocycles. The zero-order valence-corrected chi connectivity index (χ0v) is 12.8. The third-order valence-electron chi connectivity index (χ3n) is 2.76. The van der Waals surface area contributed by atoms with Gasteiger partial charge in [-0.05, 0) is 31.5 Å². The molecule has 0 aliphatic heterocycles. The summed E-state index contributed by atoms with van der Waals surface area (Å²) in [7, 11) is 0. The number of aliphatic hydroxyl groups is 1. The molecule has 0 spiro atoms. The smallest absolute Gasteiger partial charge is 0.270 e. The lowest BCUT2D eigenvalue weighted by Crippen LogP contribution is -2.28. The van der Waals surface area contributed by atoms with Crippen molar-refractivity contribution in [2.45, 2.75) is 26.1 Å². The number of aromatic nitrogens is 1. The van der Waals surface area contributed by atoms with Gasteiger partial charge < -0.3 is 15.2 Å². The molecular formula is C15H18N2O3S. The van der Waals surface area contributed by atoms with Crippen LogP contribution < -0.4 is 10.1 Å². The Morgan fingerprint density at radius 2 is 2.10 bits per heavy atom. The highest BCUT2D eigenvalue weighted by atomic mass is 32.1. The summed E-state index contributed by atoms with van der Waals surface area (Å²) >= 11 is 1.36. The van der Waals surface area contributed by atoms with Crippen LogP contribution >= 0.6 is 11.3 Å². The second-order valence-electron chi connectivity index (χ2n) is 4.84. The number of hydrogen-bond donors (Lipinski definition) is 2.